The summed E-state index contributed by atoms with van der Waals surface area (Å²) in [6, 6.07) is 26.0. The number of pyridine rings is 1. The van der Waals surface area contributed by atoms with Gasteiger partial charge in [-0.25, -0.2) is 10.8 Å². The highest BCUT2D eigenvalue weighted by atomic mass is 16.5. The highest BCUT2D eigenvalue weighted by molar-refractivity contribution is 6.02. The van der Waals surface area contributed by atoms with Crippen LogP contribution in [0.15, 0.2) is 78.9 Å². The lowest BCUT2D eigenvalue weighted by atomic mass is 9.97. The first-order valence-corrected chi connectivity index (χ1v) is 13.2. The second-order valence-corrected chi connectivity index (χ2v) is 10.2. The highest BCUT2D eigenvalue weighted by Gasteiger charge is 2.28. The van der Waals surface area contributed by atoms with Crippen molar-refractivity contribution in [1.29, 1.82) is 0 Å². The van der Waals surface area contributed by atoms with E-state index < -0.39 is 5.91 Å². The Balaban J connectivity index is 1.60. The molecule has 2 heterocycles. The topological polar surface area (TPSA) is 107 Å². The summed E-state index contributed by atoms with van der Waals surface area (Å²) in [5, 5.41) is 0. The van der Waals surface area contributed by atoms with Gasteiger partial charge in [-0.15, -0.1) is 0 Å². The molecule has 5 rings (SSSR count). The third kappa shape index (κ3) is 5.82. The van der Waals surface area contributed by atoms with Crippen LogP contribution in [0.25, 0.3) is 33.6 Å². The molecule has 0 radical (unpaired) electrons. The van der Waals surface area contributed by atoms with Gasteiger partial charge in [0, 0.05) is 11.1 Å². The lowest BCUT2D eigenvalue weighted by Gasteiger charge is -2.29. The van der Waals surface area contributed by atoms with E-state index in [4.69, 9.17) is 20.3 Å². The molecular formula is C32H32N4O4. The number of fused-ring (bicyclic) bond motifs is 1. The number of carbonyl (C=O) groups excluding carboxylic acids is 2. The van der Waals surface area contributed by atoms with Gasteiger partial charge < -0.3 is 9.47 Å². The van der Waals surface area contributed by atoms with Crippen molar-refractivity contribution < 1.29 is 19.1 Å². The first-order chi connectivity index (χ1) is 19.3. The zero-order valence-corrected chi connectivity index (χ0v) is 22.8. The molecular weight excluding hydrogens is 504 g/mol. The van der Waals surface area contributed by atoms with Crippen molar-refractivity contribution in [3.05, 3.63) is 84.4 Å². The van der Waals surface area contributed by atoms with E-state index in [0.29, 0.717) is 17.4 Å². The largest absolute Gasteiger partial charge is 0.497 e. The fourth-order valence-corrected chi connectivity index (χ4v) is 4.78. The van der Waals surface area contributed by atoms with Crippen LogP contribution in [0.1, 0.15) is 19.4 Å². The maximum absolute atomic E-state index is 12.6. The highest BCUT2D eigenvalue weighted by Crippen LogP contribution is 2.37. The van der Waals surface area contributed by atoms with Crippen LogP contribution in [0.5, 0.6) is 11.5 Å². The number of carbonyl (C=O) groups is 2. The van der Waals surface area contributed by atoms with E-state index in [0.717, 1.165) is 45.8 Å². The molecule has 0 atom stereocenters. The van der Waals surface area contributed by atoms with Crippen LogP contribution in [0.2, 0.25) is 0 Å². The third-order valence-electron chi connectivity index (χ3n) is 6.80. The number of nitrogens with two attached hydrogens (primary N) is 1. The zero-order valence-electron chi connectivity index (χ0n) is 22.8. The number of aromatic nitrogens is 1. The van der Waals surface area contributed by atoms with Gasteiger partial charge in [-0.05, 0) is 71.5 Å². The average molecular weight is 537 g/mol. The number of hydrogen-bond acceptors (Lipinski definition) is 6. The Hall–Kier alpha value is -4.69. The number of hydrazine groups is 1. The number of anilines is 1. The van der Waals surface area contributed by atoms with Crippen molar-refractivity contribution in [2.45, 2.75) is 20.3 Å². The fourth-order valence-electron chi connectivity index (χ4n) is 4.78. The van der Waals surface area contributed by atoms with Crippen LogP contribution in [-0.2, 0) is 16.0 Å². The van der Waals surface area contributed by atoms with Crippen molar-refractivity contribution in [2.24, 2.45) is 11.8 Å². The quantitative estimate of drug-likeness (QED) is 0.186. The number of ether oxygens (including phenoxy) is 2. The van der Waals surface area contributed by atoms with E-state index in [1.807, 2.05) is 42.5 Å². The van der Waals surface area contributed by atoms with Gasteiger partial charge in [-0.1, -0.05) is 50.2 Å². The van der Waals surface area contributed by atoms with E-state index in [9.17, 15) is 9.59 Å². The summed E-state index contributed by atoms with van der Waals surface area (Å²) in [5.41, 5.74) is 9.19. The second-order valence-electron chi connectivity index (χ2n) is 10.2. The Morgan fingerprint density at radius 3 is 2.25 bits per heavy atom. The summed E-state index contributed by atoms with van der Waals surface area (Å²) < 4.78 is 11.0. The van der Waals surface area contributed by atoms with Crippen LogP contribution in [-0.4, -0.2) is 37.1 Å². The van der Waals surface area contributed by atoms with Gasteiger partial charge in [-0.3, -0.25) is 19.9 Å². The van der Waals surface area contributed by atoms with Crippen molar-refractivity contribution in [1.82, 2.24) is 10.4 Å². The fraction of sp³-hybridized carbons (Fsp3) is 0.219. The van der Waals surface area contributed by atoms with E-state index in [2.05, 4.69) is 49.6 Å². The van der Waals surface area contributed by atoms with E-state index >= 15 is 0 Å². The van der Waals surface area contributed by atoms with Crippen molar-refractivity contribution >= 4 is 17.5 Å². The maximum Gasteiger partial charge on any atom is 0.265 e. The van der Waals surface area contributed by atoms with Gasteiger partial charge in [0.2, 0.25) is 0 Å². The Bertz CT molecular complexity index is 1530. The third-order valence-corrected chi connectivity index (χ3v) is 6.80. The molecule has 8 nitrogen and oxygen atoms in total. The molecule has 0 fully saturated rings. The van der Waals surface area contributed by atoms with E-state index in [-0.39, 0.29) is 19.1 Å². The molecule has 3 N–H and O–H groups in total. The van der Waals surface area contributed by atoms with Gasteiger partial charge in [0.15, 0.2) is 6.61 Å². The molecule has 1 aliphatic rings. The molecule has 204 valence electrons. The molecule has 0 bridgehead atoms. The van der Waals surface area contributed by atoms with Gasteiger partial charge in [0.05, 0.1) is 24.2 Å². The van der Waals surface area contributed by atoms with Crippen LogP contribution < -0.4 is 25.6 Å². The molecule has 0 unspecified atom stereocenters. The lowest BCUT2D eigenvalue weighted by Crippen LogP contribution is -2.46. The first-order valence-electron chi connectivity index (χ1n) is 13.2. The Morgan fingerprint density at radius 1 is 0.950 bits per heavy atom. The first kappa shape index (κ1) is 26.9. The molecule has 0 saturated heterocycles. The van der Waals surface area contributed by atoms with Crippen LogP contribution in [0.3, 0.4) is 0 Å². The van der Waals surface area contributed by atoms with Gasteiger partial charge >= 0.3 is 0 Å². The molecule has 1 aliphatic heterocycles. The minimum atomic E-state index is -0.477. The second kappa shape index (κ2) is 11.6. The number of hydrogen-bond donors (Lipinski definition) is 2. The van der Waals surface area contributed by atoms with Gasteiger partial charge in [0.25, 0.3) is 11.8 Å². The predicted molar refractivity (Wildman–Crippen MR) is 156 cm³/mol. The summed E-state index contributed by atoms with van der Waals surface area (Å²) in [6.07, 6.45) is 1.01. The summed E-state index contributed by atoms with van der Waals surface area (Å²) in [4.78, 5) is 31.1. The molecule has 4 aromatic rings. The Morgan fingerprint density at radius 2 is 1.60 bits per heavy atom. The smallest absolute Gasteiger partial charge is 0.265 e. The Kier molecular flexibility index (Phi) is 7.79. The summed E-state index contributed by atoms with van der Waals surface area (Å²) in [6.45, 7) is 4.07. The summed E-state index contributed by atoms with van der Waals surface area (Å²) in [5.74, 6) is 6.35. The van der Waals surface area contributed by atoms with E-state index in [1.165, 1.54) is 10.5 Å². The average Bonchev–Trinajstić information content (AvgIpc) is 2.98. The number of amides is 2. The normalized spacial score (nSPS) is 12.6. The molecule has 40 heavy (non-hydrogen) atoms. The maximum atomic E-state index is 12.6. The number of benzene rings is 3. The van der Waals surface area contributed by atoms with Crippen LogP contribution in [0.4, 0.5) is 5.69 Å². The monoisotopic (exact) mass is 536 g/mol. The van der Waals surface area contributed by atoms with Crippen LogP contribution >= 0.6 is 0 Å². The van der Waals surface area contributed by atoms with Crippen molar-refractivity contribution in [2.75, 3.05) is 25.2 Å². The number of nitrogens with one attached hydrogen (secondary N) is 1. The SMILES string of the molecule is COc1ccc(-c2cc(-c3ccc(CC(C)C)cc3)nc(-c3ccc4c(c3)N(CC(=O)NN)C(=O)CO4)c2)cc1. The van der Waals surface area contributed by atoms with Gasteiger partial charge in [-0.2, -0.15) is 0 Å². The lowest BCUT2D eigenvalue weighted by molar-refractivity contribution is -0.125. The predicted octanol–water partition coefficient (Wildman–Crippen LogP) is 5.01. The van der Waals surface area contributed by atoms with Crippen LogP contribution in [0, 0.1) is 5.92 Å². The summed E-state index contributed by atoms with van der Waals surface area (Å²) in [7, 11) is 1.64. The zero-order chi connectivity index (χ0) is 28.2. The molecule has 8 heteroatoms. The standard InChI is InChI=1S/C32H32N4O4/c1-20(2)14-21-4-6-23(7-5-21)27-15-25(22-8-11-26(39-3)12-9-22)16-28(34-27)24-10-13-30-29(17-24)36(18-31(37)35-33)32(38)19-40-30/h4-13,15-17,20H,14,18-19,33H2,1-3H3,(H,35,37). The molecule has 0 saturated carbocycles. The molecule has 0 spiro atoms. The molecule has 2 amide bonds. The van der Waals surface area contributed by atoms with Gasteiger partial charge in [0.1, 0.15) is 18.0 Å². The summed E-state index contributed by atoms with van der Waals surface area (Å²) >= 11 is 0. The molecule has 1 aromatic heterocycles. The number of nitrogens with zero attached hydrogens (tertiary/aromatic N) is 2. The minimum absolute atomic E-state index is 0.146. The van der Waals surface area contributed by atoms with Crippen molar-refractivity contribution in [3.63, 3.8) is 0 Å². The number of methoxy groups -OCH3 is 1. The van der Waals surface area contributed by atoms with Crippen molar-refractivity contribution in [3.8, 4) is 45.1 Å². The molecule has 0 aliphatic carbocycles. The number of rotatable bonds is 8. The minimum Gasteiger partial charge on any atom is -0.497 e. The molecule has 3 aromatic carbocycles. The van der Waals surface area contributed by atoms with E-state index in [1.54, 1.807) is 13.2 Å². The Labute approximate surface area is 233 Å².